The normalized spacial score (nSPS) is 14.4. The largest absolute Gasteiger partial charge is 0.357 e. The van der Waals surface area contributed by atoms with Crippen LogP contribution in [0.5, 0.6) is 0 Å². The van der Waals surface area contributed by atoms with E-state index in [0.29, 0.717) is 22.4 Å². The van der Waals surface area contributed by atoms with Crippen LogP contribution in [-0.4, -0.2) is 19.0 Å². The van der Waals surface area contributed by atoms with E-state index >= 15 is 0 Å². The zero-order chi connectivity index (χ0) is 11.7. The highest BCUT2D eigenvalue weighted by atomic mass is 79.9. The SMILES string of the molecule is C=CCN1CC(=O)Nc2cc(Br)c(F)cc21. The zero-order valence-electron chi connectivity index (χ0n) is 8.46. The molecule has 16 heavy (non-hydrogen) atoms. The summed E-state index contributed by atoms with van der Waals surface area (Å²) < 4.78 is 13.7. The average Bonchev–Trinajstić information content (AvgIpc) is 2.21. The monoisotopic (exact) mass is 284 g/mol. The first-order valence-corrected chi connectivity index (χ1v) is 5.56. The van der Waals surface area contributed by atoms with Crippen molar-refractivity contribution in [2.75, 3.05) is 23.3 Å². The van der Waals surface area contributed by atoms with Gasteiger partial charge in [-0.2, -0.15) is 0 Å². The molecule has 0 fully saturated rings. The summed E-state index contributed by atoms with van der Waals surface area (Å²) >= 11 is 3.09. The molecule has 2 rings (SSSR count). The Labute approximate surface area is 101 Å². The number of nitrogens with zero attached hydrogens (tertiary/aromatic N) is 1. The van der Waals surface area contributed by atoms with E-state index in [4.69, 9.17) is 0 Å². The van der Waals surface area contributed by atoms with Gasteiger partial charge >= 0.3 is 0 Å². The molecule has 0 aliphatic carbocycles. The fourth-order valence-corrected chi connectivity index (χ4v) is 2.01. The minimum absolute atomic E-state index is 0.104. The molecule has 1 aliphatic heterocycles. The number of hydrogen-bond donors (Lipinski definition) is 1. The van der Waals surface area contributed by atoms with Crippen molar-refractivity contribution in [2.45, 2.75) is 0 Å². The molecule has 1 amide bonds. The van der Waals surface area contributed by atoms with Crippen LogP contribution < -0.4 is 10.2 Å². The van der Waals surface area contributed by atoms with Crippen LogP contribution in [0.3, 0.4) is 0 Å². The third kappa shape index (κ3) is 1.95. The number of halogens is 2. The van der Waals surface area contributed by atoms with Gasteiger partial charge in [-0.1, -0.05) is 6.08 Å². The second-order valence-electron chi connectivity index (χ2n) is 3.50. The van der Waals surface area contributed by atoms with Crippen molar-refractivity contribution in [3.63, 3.8) is 0 Å². The minimum Gasteiger partial charge on any atom is -0.357 e. The lowest BCUT2D eigenvalue weighted by molar-refractivity contribution is -0.115. The number of carbonyl (C=O) groups is 1. The average molecular weight is 285 g/mol. The fraction of sp³-hybridized carbons (Fsp3) is 0.182. The van der Waals surface area contributed by atoms with Gasteiger partial charge in [0.1, 0.15) is 5.82 Å². The molecule has 5 heteroatoms. The van der Waals surface area contributed by atoms with Crippen LogP contribution in [0.15, 0.2) is 29.3 Å². The summed E-state index contributed by atoms with van der Waals surface area (Å²) in [4.78, 5) is 13.2. The van der Waals surface area contributed by atoms with Crippen molar-refractivity contribution in [3.8, 4) is 0 Å². The lowest BCUT2D eigenvalue weighted by Crippen LogP contribution is -2.38. The highest BCUT2D eigenvalue weighted by molar-refractivity contribution is 9.10. The second kappa shape index (κ2) is 4.25. The number of anilines is 2. The van der Waals surface area contributed by atoms with Crippen molar-refractivity contribution in [3.05, 3.63) is 35.1 Å². The molecule has 0 saturated carbocycles. The summed E-state index contributed by atoms with van der Waals surface area (Å²) in [5, 5.41) is 2.70. The molecule has 0 radical (unpaired) electrons. The molecule has 0 bridgehead atoms. The Morgan fingerprint density at radius 3 is 3.06 bits per heavy atom. The van der Waals surface area contributed by atoms with Crippen LogP contribution in [0.25, 0.3) is 0 Å². The van der Waals surface area contributed by atoms with E-state index in [2.05, 4.69) is 27.8 Å². The van der Waals surface area contributed by atoms with Gasteiger partial charge in [0.15, 0.2) is 0 Å². The van der Waals surface area contributed by atoms with Gasteiger partial charge in [-0.25, -0.2) is 4.39 Å². The van der Waals surface area contributed by atoms with Gasteiger partial charge in [0.25, 0.3) is 0 Å². The zero-order valence-corrected chi connectivity index (χ0v) is 10.1. The van der Waals surface area contributed by atoms with Gasteiger partial charge in [0.2, 0.25) is 5.91 Å². The fourth-order valence-electron chi connectivity index (χ4n) is 1.67. The predicted octanol–water partition coefficient (Wildman–Crippen LogP) is 2.53. The van der Waals surface area contributed by atoms with Gasteiger partial charge in [0, 0.05) is 12.6 Å². The van der Waals surface area contributed by atoms with Gasteiger partial charge in [-0.05, 0) is 22.0 Å². The summed E-state index contributed by atoms with van der Waals surface area (Å²) in [6.07, 6.45) is 1.68. The maximum Gasteiger partial charge on any atom is 0.243 e. The molecule has 0 atom stereocenters. The van der Waals surface area contributed by atoms with Crippen LogP contribution in [0.4, 0.5) is 15.8 Å². The minimum atomic E-state index is -0.344. The van der Waals surface area contributed by atoms with Crippen molar-refractivity contribution >= 4 is 33.2 Å². The summed E-state index contributed by atoms with van der Waals surface area (Å²) in [7, 11) is 0. The van der Waals surface area contributed by atoms with Gasteiger partial charge < -0.3 is 10.2 Å². The highest BCUT2D eigenvalue weighted by Gasteiger charge is 2.22. The van der Waals surface area contributed by atoms with Crippen molar-refractivity contribution in [2.24, 2.45) is 0 Å². The lowest BCUT2D eigenvalue weighted by Gasteiger charge is -2.30. The predicted molar refractivity (Wildman–Crippen MR) is 65.1 cm³/mol. The molecule has 1 heterocycles. The van der Waals surface area contributed by atoms with E-state index in [1.807, 2.05) is 0 Å². The molecular weight excluding hydrogens is 275 g/mol. The molecule has 1 aromatic rings. The van der Waals surface area contributed by atoms with E-state index in [-0.39, 0.29) is 18.3 Å². The Hall–Kier alpha value is -1.36. The van der Waals surface area contributed by atoms with Crippen molar-refractivity contribution < 1.29 is 9.18 Å². The van der Waals surface area contributed by atoms with Crippen molar-refractivity contribution in [1.82, 2.24) is 0 Å². The number of fused-ring (bicyclic) bond motifs is 1. The van der Waals surface area contributed by atoms with Crippen LogP contribution >= 0.6 is 15.9 Å². The summed E-state index contributed by atoms with van der Waals surface area (Å²) in [6, 6.07) is 2.97. The van der Waals surface area contributed by atoms with E-state index in [0.717, 1.165) is 0 Å². The Balaban J connectivity index is 2.48. The topological polar surface area (TPSA) is 32.3 Å². The molecule has 1 aliphatic rings. The van der Waals surface area contributed by atoms with E-state index in [9.17, 15) is 9.18 Å². The van der Waals surface area contributed by atoms with E-state index in [1.165, 1.54) is 6.07 Å². The molecule has 1 N–H and O–H groups in total. The Morgan fingerprint density at radius 2 is 2.38 bits per heavy atom. The maximum atomic E-state index is 13.4. The van der Waals surface area contributed by atoms with E-state index < -0.39 is 0 Å². The van der Waals surface area contributed by atoms with Gasteiger partial charge in [0.05, 0.1) is 22.4 Å². The highest BCUT2D eigenvalue weighted by Crippen LogP contribution is 2.33. The standard InChI is InChI=1S/C11H10BrFN2O/c1-2-3-15-6-11(16)14-9-4-7(12)8(13)5-10(9)15/h2,4-5H,1,3,6H2,(H,14,16). The third-order valence-corrected chi connectivity index (χ3v) is 2.95. The molecule has 0 spiro atoms. The van der Waals surface area contributed by atoms with Crippen LogP contribution in [0, 0.1) is 5.82 Å². The quantitative estimate of drug-likeness (QED) is 0.847. The molecule has 1 aromatic carbocycles. The summed E-state index contributed by atoms with van der Waals surface area (Å²) in [5.74, 6) is -0.447. The van der Waals surface area contributed by atoms with Gasteiger partial charge in [-0.3, -0.25) is 4.79 Å². The van der Waals surface area contributed by atoms with Crippen LogP contribution in [-0.2, 0) is 4.79 Å². The Bertz CT molecular complexity index is 462. The first kappa shape index (κ1) is 11.1. The first-order valence-electron chi connectivity index (χ1n) is 4.76. The molecular formula is C11H10BrFN2O. The van der Waals surface area contributed by atoms with Crippen LogP contribution in [0.2, 0.25) is 0 Å². The lowest BCUT2D eigenvalue weighted by atomic mass is 10.2. The third-order valence-electron chi connectivity index (χ3n) is 2.34. The number of rotatable bonds is 2. The molecule has 3 nitrogen and oxygen atoms in total. The molecule has 84 valence electrons. The Morgan fingerprint density at radius 1 is 1.62 bits per heavy atom. The Kier molecular flexibility index (Phi) is 2.96. The van der Waals surface area contributed by atoms with Crippen molar-refractivity contribution in [1.29, 1.82) is 0 Å². The first-order chi connectivity index (χ1) is 7.61. The van der Waals surface area contributed by atoms with E-state index in [1.54, 1.807) is 17.0 Å². The second-order valence-corrected chi connectivity index (χ2v) is 4.36. The smallest absolute Gasteiger partial charge is 0.243 e. The number of benzene rings is 1. The number of carbonyl (C=O) groups excluding carboxylic acids is 1. The number of nitrogens with one attached hydrogen (secondary N) is 1. The summed E-state index contributed by atoms with van der Waals surface area (Å²) in [5.41, 5.74) is 1.30. The number of hydrogen-bond acceptors (Lipinski definition) is 2. The molecule has 0 unspecified atom stereocenters. The van der Waals surface area contributed by atoms with Gasteiger partial charge in [-0.15, -0.1) is 6.58 Å². The maximum absolute atomic E-state index is 13.4. The summed E-state index contributed by atoms with van der Waals surface area (Å²) in [6.45, 7) is 4.35. The molecule has 0 aromatic heterocycles. The van der Waals surface area contributed by atoms with Crippen LogP contribution in [0.1, 0.15) is 0 Å². The molecule has 0 saturated heterocycles. The number of amides is 1.